The Bertz CT molecular complexity index is 458. The zero-order valence-electron chi connectivity index (χ0n) is 8.39. The van der Waals surface area contributed by atoms with Gasteiger partial charge in [-0.05, 0) is 30.9 Å². The Morgan fingerprint density at radius 3 is 3.27 bits per heavy atom. The first kappa shape index (κ1) is 8.73. The maximum Gasteiger partial charge on any atom is 0.147 e. The zero-order chi connectivity index (χ0) is 10.3. The molecule has 0 fully saturated rings. The van der Waals surface area contributed by atoms with E-state index in [-0.39, 0.29) is 6.04 Å². The van der Waals surface area contributed by atoms with E-state index in [2.05, 4.69) is 15.8 Å². The van der Waals surface area contributed by atoms with Gasteiger partial charge >= 0.3 is 0 Å². The Kier molecular flexibility index (Phi) is 1.89. The molecule has 0 aromatic carbocycles. The summed E-state index contributed by atoms with van der Waals surface area (Å²) in [5, 5.41) is 3.72. The lowest BCUT2D eigenvalue weighted by Crippen LogP contribution is -2.17. The van der Waals surface area contributed by atoms with Crippen molar-refractivity contribution >= 4 is 0 Å². The topological polar surface area (TPSA) is 57.0 Å². The maximum absolute atomic E-state index is 6.06. The molecule has 3 rings (SSSR count). The highest BCUT2D eigenvalue weighted by Gasteiger charge is 2.20. The summed E-state index contributed by atoms with van der Waals surface area (Å²) in [5.74, 6) is 0. The second-order valence-electron chi connectivity index (χ2n) is 3.97. The molecule has 1 unspecified atom stereocenters. The number of fused-ring (bicyclic) bond motifs is 1. The molecule has 78 valence electrons. The number of nitrogens with zero attached hydrogens (tertiary/aromatic N) is 2. The summed E-state index contributed by atoms with van der Waals surface area (Å²) < 4.78 is 6.97. The standard InChI is InChI=1S/C11H13N3O/c12-10-2-1-3-11-9(10)4-5-14(11)8-6-13-15-7-8/h4-7,10H,1-3,12H2. The van der Waals surface area contributed by atoms with Gasteiger partial charge in [-0.1, -0.05) is 5.16 Å². The first-order valence-electron chi connectivity index (χ1n) is 5.22. The van der Waals surface area contributed by atoms with Crippen molar-refractivity contribution in [2.75, 3.05) is 0 Å². The highest BCUT2D eigenvalue weighted by molar-refractivity contribution is 5.37. The van der Waals surface area contributed by atoms with Gasteiger partial charge in [0.1, 0.15) is 12.0 Å². The third kappa shape index (κ3) is 1.29. The average molecular weight is 203 g/mol. The van der Waals surface area contributed by atoms with E-state index in [0.717, 1.165) is 24.9 Å². The van der Waals surface area contributed by atoms with Crippen molar-refractivity contribution in [1.82, 2.24) is 9.72 Å². The quantitative estimate of drug-likeness (QED) is 0.768. The van der Waals surface area contributed by atoms with Crippen molar-refractivity contribution in [3.63, 3.8) is 0 Å². The van der Waals surface area contributed by atoms with Gasteiger partial charge in [-0.3, -0.25) is 0 Å². The summed E-state index contributed by atoms with van der Waals surface area (Å²) in [6.45, 7) is 0. The van der Waals surface area contributed by atoms with Gasteiger partial charge in [0.15, 0.2) is 0 Å². The summed E-state index contributed by atoms with van der Waals surface area (Å²) in [7, 11) is 0. The molecule has 0 spiro atoms. The van der Waals surface area contributed by atoms with Crippen LogP contribution in [0.25, 0.3) is 5.69 Å². The van der Waals surface area contributed by atoms with E-state index in [4.69, 9.17) is 10.3 Å². The molecule has 0 bridgehead atoms. The molecule has 1 atom stereocenters. The fraction of sp³-hybridized carbons (Fsp3) is 0.364. The zero-order valence-corrected chi connectivity index (χ0v) is 8.39. The van der Waals surface area contributed by atoms with Crippen LogP contribution in [0.4, 0.5) is 0 Å². The lowest BCUT2D eigenvalue weighted by Gasteiger charge is -2.20. The SMILES string of the molecule is NC1CCCc2c1ccn2-c1cnoc1. The van der Waals surface area contributed by atoms with E-state index in [9.17, 15) is 0 Å². The maximum atomic E-state index is 6.06. The molecule has 0 amide bonds. The Hall–Kier alpha value is -1.55. The molecule has 1 aliphatic carbocycles. The molecule has 2 aromatic rings. The van der Waals surface area contributed by atoms with Gasteiger partial charge in [0.2, 0.25) is 0 Å². The Morgan fingerprint density at radius 1 is 1.53 bits per heavy atom. The van der Waals surface area contributed by atoms with Crippen LogP contribution in [0.5, 0.6) is 0 Å². The second-order valence-corrected chi connectivity index (χ2v) is 3.97. The Labute approximate surface area is 87.7 Å². The number of aromatic nitrogens is 2. The highest BCUT2D eigenvalue weighted by Crippen LogP contribution is 2.30. The predicted molar refractivity (Wildman–Crippen MR) is 55.7 cm³/mol. The highest BCUT2D eigenvalue weighted by atomic mass is 16.5. The first-order chi connectivity index (χ1) is 7.36. The third-order valence-corrected chi connectivity index (χ3v) is 3.05. The Morgan fingerprint density at radius 2 is 2.47 bits per heavy atom. The molecule has 2 heterocycles. The minimum atomic E-state index is 0.190. The normalized spacial score (nSPS) is 20.2. The molecule has 15 heavy (non-hydrogen) atoms. The van der Waals surface area contributed by atoms with Crippen LogP contribution in [0.1, 0.15) is 30.1 Å². The van der Waals surface area contributed by atoms with Gasteiger partial charge in [0.05, 0.1) is 6.20 Å². The van der Waals surface area contributed by atoms with Crippen LogP contribution >= 0.6 is 0 Å². The van der Waals surface area contributed by atoms with Gasteiger partial charge in [-0.25, -0.2) is 0 Å². The van der Waals surface area contributed by atoms with Crippen LogP contribution in [-0.4, -0.2) is 9.72 Å². The van der Waals surface area contributed by atoms with Crippen molar-refractivity contribution in [2.45, 2.75) is 25.3 Å². The summed E-state index contributed by atoms with van der Waals surface area (Å²) in [4.78, 5) is 0. The summed E-state index contributed by atoms with van der Waals surface area (Å²) in [5.41, 5.74) is 9.61. The van der Waals surface area contributed by atoms with Gasteiger partial charge in [0, 0.05) is 17.9 Å². The van der Waals surface area contributed by atoms with Crippen molar-refractivity contribution in [3.05, 3.63) is 36.0 Å². The molecule has 4 heteroatoms. The van der Waals surface area contributed by atoms with E-state index < -0.39 is 0 Å². The van der Waals surface area contributed by atoms with Gasteiger partial charge in [-0.2, -0.15) is 0 Å². The molecule has 1 aliphatic rings. The monoisotopic (exact) mass is 203 g/mol. The molecular weight excluding hydrogens is 190 g/mol. The van der Waals surface area contributed by atoms with E-state index in [1.807, 2.05) is 6.20 Å². The number of rotatable bonds is 1. The molecule has 2 aromatic heterocycles. The number of nitrogens with two attached hydrogens (primary N) is 1. The fourth-order valence-electron chi connectivity index (χ4n) is 2.29. The second kappa shape index (κ2) is 3.24. The van der Waals surface area contributed by atoms with Gasteiger partial charge in [-0.15, -0.1) is 0 Å². The summed E-state index contributed by atoms with van der Waals surface area (Å²) in [6, 6.07) is 2.29. The van der Waals surface area contributed by atoms with Crippen LogP contribution in [-0.2, 0) is 6.42 Å². The molecular formula is C11H13N3O. The average Bonchev–Trinajstić information content (AvgIpc) is 2.85. The smallest absolute Gasteiger partial charge is 0.147 e. The van der Waals surface area contributed by atoms with Crippen LogP contribution in [0, 0.1) is 0 Å². The van der Waals surface area contributed by atoms with Crippen molar-refractivity contribution in [2.24, 2.45) is 5.73 Å². The molecule has 0 saturated carbocycles. The lowest BCUT2D eigenvalue weighted by molar-refractivity contribution is 0.419. The predicted octanol–water partition coefficient (Wildman–Crippen LogP) is 1.80. The number of hydrogen-bond acceptors (Lipinski definition) is 3. The van der Waals surface area contributed by atoms with Crippen LogP contribution < -0.4 is 5.73 Å². The minimum Gasteiger partial charge on any atom is -0.362 e. The first-order valence-corrected chi connectivity index (χ1v) is 5.22. The van der Waals surface area contributed by atoms with Crippen LogP contribution in [0.3, 0.4) is 0 Å². The summed E-state index contributed by atoms with van der Waals surface area (Å²) >= 11 is 0. The van der Waals surface area contributed by atoms with Crippen LogP contribution in [0.15, 0.2) is 29.2 Å². The fourth-order valence-corrected chi connectivity index (χ4v) is 2.29. The molecule has 0 radical (unpaired) electrons. The van der Waals surface area contributed by atoms with Crippen LogP contribution in [0.2, 0.25) is 0 Å². The van der Waals surface area contributed by atoms with Gasteiger partial charge in [0.25, 0.3) is 0 Å². The van der Waals surface area contributed by atoms with Gasteiger partial charge < -0.3 is 14.8 Å². The van der Waals surface area contributed by atoms with E-state index >= 15 is 0 Å². The molecule has 0 saturated heterocycles. The van der Waals surface area contributed by atoms with Crippen molar-refractivity contribution in [3.8, 4) is 5.69 Å². The number of hydrogen-bond donors (Lipinski definition) is 1. The van der Waals surface area contributed by atoms with E-state index in [1.54, 1.807) is 12.5 Å². The Balaban J connectivity index is 2.11. The largest absolute Gasteiger partial charge is 0.362 e. The summed E-state index contributed by atoms with van der Waals surface area (Å²) in [6.07, 6.45) is 8.74. The lowest BCUT2D eigenvalue weighted by atomic mass is 9.94. The van der Waals surface area contributed by atoms with E-state index in [1.165, 1.54) is 11.3 Å². The van der Waals surface area contributed by atoms with Crippen molar-refractivity contribution < 1.29 is 4.52 Å². The molecule has 0 aliphatic heterocycles. The van der Waals surface area contributed by atoms with E-state index in [0.29, 0.717) is 0 Å². The molecule has 4 nitrogen and oxygen atoms in total. The van der Waals surface area contributed by atoms with Crippen molar-refractivity contribution in [1.29, 1.82) is 0 Å². The third-order valence-electron chi connectivity index (χ3n) is 3.05. The minimum absolute atomic E-state index is 0.190. The molecule has 2 N–H and O–H groups in total.